The van der Waals surface area contributed by atoms with E-state index in [0.29, 0.717) is 37.4 Å². The average Bonchev–Trinajstić information content (AvgIpc) is 2.95. The van der Waals surface area contributed by atoms with Crippen LogP contribution in [-0.4, -0.2) is 47.5 Å². The van der Waals surface area contributed by atoms with E-state index in [1.165, 1.54) is 0 Å². The van der Waals surface area contributed by atoms with E-state index in [-0.39, 0.29) is 29.9 Å². The normalized spacial score (nSPS) is 27.0. The lowest BCUT2D eigenvalue weighted by atomic mass is 9.90. The third kappa shape index (κ3) is 5.67. The van der Waals surface area contributed by atoms with Gasteiger partial charge in [-0.2, -0.15) is 5.26 Å². The lowest BCUT2D eigenvalue weighted by Crippen LogP contribution is -2.45. The second-order valence-corrected chi connectivity index (χ2v) is 9.28. The third-order valence-electron chi connectivity index (χ3n) is 5.87. The Kier molecular flexibility index (Phi) is 7.18. The van der Waals surface area contributed by atoms with Crippen LogP contribution in [0.2, 0.25) is 0 Å². The SMILES string of the molecule is CC(C)CC1(C)NC(=N)N(CC2C=CC(CNC(=O)NC3C=CC=C(C#N)C3)=CC2)C1=O. The van der Waals surface area contributed by atoms with Gasteiger partial charge in [0.25, 0.3) is 5.91 Å². The van der Waals surface area contributed by atoms with E-state index in [0.717, 1.165) is 12.0 Å². The number of amides is 3. The molecule has 1 aliphatic heterocycles. The van der Waals surface area contributed by atoms with E-state index >= 15 is 0 Å². The molecule has 0 aromatic heterocycles. The molecule has 170 valence electrons. The highest BCUT2D eigenvalue weighted by Crippen LogP contribution is 2.27. The molecule has 1 fully saturated rings. The largest absolute Gasteiger partial charge is 0.342 e. The van der Waals surface area contributed by atoms with Crippen LogP contribution in [0.3, 0.4) is 0 Å². The maximum atomic E-state index is 12.9. The number of nitrogens with one attached hydrogen (secondary N) is 4. The Morgan fingerprint density at radius 2 is 2.22 bits per heavy atom. The Morgan fingerprint density at radius 3 is 2.88 bits per heavy atom. The van der Waals surface area contributed by atoms with Gasteiger partial charge >= 0.3 is 6.03 Å². The van der Waals surface area contributed by atoms with Gasteiger partial charge in [0.15, 0.2) is 5.96 Å². The topological polar surface area (TPSA) is 121 Å². The Morgan fingerprint density at radius 1 is 1.44 bits per heavy atom. The quantitative estimate of drug-likeness (QED) is 0.490. The van der Waals surface area contributed by atoms with Gasteiger partial charge in [0.1, 0.15) is 5.54 Å². The molecule has 1 heterocycles. The fraction of sp³-hybridized carbons (Fsp3) is 0.500. The molecule has 8 heteroatoms. The zero-order chi connectivity index (χ0) is 23.3. The minimum Gasteiger partial charge on any atom is -0.342 e. The molecule has 3 rings (SSSR count). The van der Waals surface area contributed by atoms with Crippen LogP contribution in [-0.2, 0) is 4.79 Å². The molecule has 0 radical (unpaired) electrons. The fourth-order valence-corrected chi connectivity index (χ4v) is 4.38. The molecule has 0 aromatic rings. The molecular weight excluding hydrogens is 404 g/mol. The summed E-state index contributed by atoms with van der Waals surface area (Å²) in [6.45, 7) is 6.89. The molecule has 0 spiro atoms. The van der Waals surface area contributed by atoms with Gasteiger partial charge in [-0.3, -0.25) is 15.1 Å². The lowest BCUT2D eigenvalue weighted by molar-refractivity contribution is -0.131. The summed E-state index contributed by atoms with van der Waals surface area (Å²) < 4.78 is 0. The van der Waals surface area contributed by atoms with Crippen molar-refractivity contribution in [2.24, 2.45) is 11.8 Å². The molecule has 2 aliphatic carbocycles. The summed E-state index contributed by atoms with van der Waals surface area (Å²) in [4.78, 5) is 26.6. The first kappa shape index (κ1) is 23.3. The minimum atomic E-state index is -0.709. The number of nitriles is 1. The molecule has 1 saturated heterocycles. The summed E-state index contributed by atoms with van der Waals surface area (Å²) in [5.74, 6) is 0.617. The lowest BCUT2D eigenvalue weighted by Gasteiger charge is -2.25. The molecule has 3 unspecified atom stereocenters. The number of carbonyl (C=O) groups is 2. The van der Waals surface area contributed by atoms with Crippen molar-refractivity contribution >= 4 is 17.9 Å². The van der Waals surface area contributed by atoms with Gasteiger partial charge in [-0.25, -0.2) is 4.79 Å². The van der Waals surface area contributed by atoms with Crippen molar-refractivity contribution in [1.82, 2.24) is 20.9 Å². The number of carbonyl (C=O) groups excluding carboxylic acids is 2. The maximum absolute atomic E-state index is 12.9. The first-order valence-corrected chi connectivity index (χ1v) is 11.1. The van der Waals surface area contributed by atoms with Gasteiger partial charge in [-0.15, -0.1) is 0 Å². The number of guanidine groups is 1. The molecule has 4 N–H and O–H groups in total. The van der Waals surface area contributed by atoms with Crippen LogP contribution in [0.1, 0.15) is 40.0 Å². The van der Waals surface area contributed by atoms with Crippen molar-refractivity contribution < 1.29 is 9.59 Å². The number of allylic oxidation sites excluding steroid dienone is 3. The van der Waals surface area contributed by atoms with E-state index in [4.69, 9.17) is 10.7 Å². The van der Waals surface area contributed by atoms with E-state index in [1.54, 1.807) is 17.1 Å². The van der Waals surface area contributed by atoms with Gasteiger partial charge in [0, 0.05) is 25.1 Å². The number of rotatable bonds is 7. The molecule has 3 atom stereocenters. The second-order valence-electron chi connectivity index (χ2n) is 9.28. The van der Waals surface area contributed by atoms with Crippen LogP contribution in [0, 0.1) is 28.6 Å². The molecule has 0 bridgehead atoms. The monoisotopic (exact) mass is 436 g/mol. The standard InChI is InChI=1S/C24H32N6O2/c1-16(2)12-24(3)21(31)30(22(26)29-24)15-18-9-7-17(8-10-18)14-27-23(32)28-20-6-4-5-19(11-20)13-25/h4-9,16,18,20H,10-12,14-15H2,1-3H3,(H2,26,29)(H2,27,28,32). The summed E-state index contributed by atoms with van der Waals surface area (Å²) in [5, 5.41) is 26.0. The smallest absolute Gasteiger partial charge is 0.315 e. The predicted molar refractivity (Wildman–Crippen MR) is 124 cm³/mol. The zero-order valence-electron chi connectivity index (χ0n) is 18.9. The van der Waals surface area contributed by atoms with E-state index in [9.17, 15) is 9.59 Å². The Labute approximate surface area is 189 Å². The number of hydrogen-bond acceptors (Lipinski definition) is 4. The van der Waals surface area contributed by atoms with Crippen molar-refractivity contribution in [3.8, 4) is 6.07 Å². The van der Waals surface area contributed by atoms with Crippen LogP contribution in [0.15, 0.2) is 47.6 Å². The first-order chi connectivity index (χ1) is 15.2. The summed E-state index contributed by atoms with van der Waals surface area (Å²) in [6, 6.07) is 1.66. The van der Waals surface area contributed by atoms with Crippen LogP contribution in [0.25, 0.3) is 0 Å². The molecular formula is C24H32N6O2. The van der Waals surface area contributed by atoms with Crippen LogP contribution in [0.5, 0.6) is 0 Å². The van der Waals surface area contributed by atoms with E-state index < -0.39 is 5.54 Å². The van der Waals surface area contributed by atoms with E-state index in [2.05, 4.69) is 41.9 Å². The predicted octanol–water partition coefficient (Wildman–Crippen LogP) is 2.74. The fourth-order valence-electron chi connectivity index (χ4n) is 4.38. The van der Waals surface area contributed by atoms with Crippen molar-refractivity contribution in [1.29, 1.82) is 10.7 Å². The molecule has 3 amide bonds. The summed E-state index contributed by atoms with van der Waals surface area (Å²) >= 11 is 0. The first-order valence-electron chi connectivity index (χ1n) is 11.1. The third-order valence-corrected chi connectivity index (χ3v) is 5.87. The second kappa shape index (κ2) is 9.86. The molecule has 3 aliphatic rings. The van der Waals surface area contributed by atoms with Gasteiger partial charge in [-0.05, 0) is 43.3 Å². The van der Waals surface area contributed by atoms with Crippen molar-refractivity contribution in [3.63, 3.8) is 0 Å². The summed E-state index contributed by atoms with van der Waals surface area (Å²) in [5.41, 5.74) is 0.934. The molecule has 32 heavy (non-hydrogen) atoms. The van der Waals surface area contributed by atoms with Crippen molar-refractivity contribution in [2.75, 3.05) is 13.1 Å². The Balaban J connectivity index is 1.44. The van der Waals surface area contributed by atoms with Gasteiger partial charge in [-0.1, -0.05) is 44.2 Å². The number of nitrogens with zero attached hydrogens (tertiary/aromatic N) is 2. The summed E-state index contributed by atoms with van der Waals surface area (Å²) in [7, 11) is 0. The molecule has 0 saturated carbocycles. The minimum absolute atomic E-state index is 0.0381. The number of urea groups is 1. The average molecular weight is 437 g/mol. The summed E-state index contributed by atoms with van der Waals surface area (Å²) in [6.07, 6.45) is 13.4. The Bertz CT molecular complexity index is 939. The van der Waals surface area contributed by atoms with Gasteiger partial charge < -0.3 is 16.0 Å². The maximum Gasteiger partial charge on any atom is 0.315 e. The Hall–Kier alpha value is -3.34. The van der Waals surface area contributed by atoms with E-state index in [1.807, 2.05) is 25.2 Å². The van der Waals surface area contributed by atoms with Crippen LogP contribution >= 0.6 is 0 Å². The highest BCUT2D eigenvalue weighted by molar-refractivity contribution is 6.07. The van der Waals surface area contributed by atoms with Gasteiger partial charge in [0.05, 0.1) is 12.1 Å². The zero-order valence-corrected chi connectivity index (χ0v) is 18.9. The highest BCUT2D eigenvalue weighted by Gasteiger charge is 2.46. The molecule has 0 aromatic carbocycles. The van der Waals surface area contributed by atoms with Crippen LogP contribution in [0.4, 0.5) is 4.79 Å². The molecule has 8 nitrogen and oxygen atoms in total. The highest BCUT2D eigenvalue weighted by atomic mass is 16.2. The van der Waals surface area contributed by atoms with Crippen molar-refractivity contribution in [2.45, 2.75) is 51.6 Å². The van der Waals surface area contributed by atoms with Crippen molar-refractivity contribution in [3.05, 3.63) is 47.6 Å². The van der Waals surface area contributed by atoms with Crippen LogP contribution < -0.4 is 16.0 Å². The van der Waals surface area contributed by atoms with Gasteiger partial charge in [0.2, 0.25) is 0 Å². The number of hydrogen-bond donors (Lipinski definition) is 4.